The van der Waals surface area contributed by atoms with E-state index >= 15 is 0 Å². The smallest absolute Gasteiger partial charge is 0.248 e. The number of hydrogen-bond donors (Lipinski definition) is 3. The van der Waals surface area contributed by atoms with E-state index in [2.05, 4.69) is 20.8 Å². The van der Waals surface area contributed by atoms with Gasteiger partial charge in [-0.25, -0.2) is 0 Å². The van der Waals surface area contributed by atoms with Gasteiger partial charge in [-0.15, -0.1) is 0 Å². The van der Waals surface area contributed by atoms with Crippen LogP contribution in [0.5, 0.6) is 0 Å². The van der Waals surface area contributed by atoms with Gasteiger partial charge in [0.15, 0.2) is 0 Å². The van der Waals surface area contributed by atoms with Gasteiger partial charge < -0.3 is 20.3 Å². The first-order valence-electron chi connectivity index (χ1n) is 7.82. The van der Waals surface area contributed by atoms with Crippen molar-refractivity contribution in [3.63, 3.8) is 0 Å². The summed E-state index contributed by atoms with van der Waals surface area (Å²) < 4.78 is 4.92. The van der Waals surface area contributed by atoms with Crippen LogP contribution in [0, 0.1) is 18.3 Å². The van der Waals surface area contributed by atoms with Gasteiger partial charge in [-0.1, -0.05) is 0 Å². The largest absolute Gasteiger partial charge is 0.375 e. The van der Waals surface area contributed by atoms with Crippen LogP contribution in [0.3, 0.4) is 0 Å². The molecule has 0 unspecified atom stereocenters. The first-order chi connectivity index (χ1) is 11.0. The number of carbonyl (C=O) groups excluding carboxylic acids is 2. The molecule has 2 saturated heterocycles. The molecule has 0 saturated carbocycles. The zero-order valence-electron chi connectivity index (χ0n) is 13.5. The van der Waals surface area contributed by atoms with Crippen LogP contribution in [0.2, 0.25) is 0 Å². The predicted octanol–water partition coefficient (Wildman–Crippen LogP) is -0.971. The van der Waals surface area contributed by atoms with Crippen molar-refractivity contribution in [3.05, 3.63) is 17.5 Å². The number of likely N-dealkylation sites (tertiary alicyclic amines) is 1. The highest BCUT2D eigenvalue weighted by atomic mass is 16.5. The molecular formula is C15H23N5O3. The lowest BCUT2D eigenvalue weighted by Gasteiger charge is -2.26. The number of methoxy groups -OCH3 is 1. The third-order valence-corrected chi connectivity index (χ3v) is 4.79. The van der Waals surface area contributed by atoms with Crippen molar-refractivity contribution in [2.75, 3.05) is 39.9 Å². The number of fused-ring (bicyclic) bond motifs is 1. The number of nitrogens with zero attached hydrogens (tertiary/aromatic N) is 2. The van der Waals surface area contributed by atoms with Gasteiger partial charge >= 0.3 is 0 Å². The molecule has 2 fully saturated rings. The number of aromatic amines is 1. The summed E-state index contributed by atoms with van der Waals surface area (Å²) in [7, 11) is 1.50. The SMILES string of the molecule is COCC(=O)N1C[C@H]2CNC[C@@]2(C(=O)NCc2cc(C)[nH]n2)C1. The molecule has 2 aliphatic heterocycles. The average molecular weight is 321 g/mol. The summed E-state index contributed by atoms with van der Waals surface area (Å²) in [6.45, 7) is 4.77. The Morgan fingerprint density at radius 2 is 2.39 bits per heavy atom. The Morgan fingerprint density at radius 3 is 3.09 bits per heavy atom. The lowest BCUT2D eigenvalue weighted by Crippen LogP contribution is -2.47. The second-order valence-corrected chi connectivity index (χ2v) is 6.42. The van der Waals surface area contributed by atoms with Crippen LogP contribution in [0.15, 0.2) is 6.07 Å². The molecule has 2 atom stereocenters. The zero-order valence-corrected chi connectivity index (χ0v) is 13.5. The molecule has 1 aromatic rings. The minimum atomic E-state index is -0.547. The summed E-state index contributed by atoms with van der Waals surface area (Å²) in [5.41, 5.74) is 1.22. The molecule has 0 bridgehead atoms. The van der Waals surface area contributed by atoms with Crippen molar-refractivity contribution in [3.8, 4) is 0 Å². The fourth-order valence-electron chi connectivity index (χ4n) is 3.56. The minimum absolute atomic E-state index is 0.0131. The van der Waals surface area contributed by atoms with Gasteiger partial charge in [-0.2, -0.15) is 5.10 Å². The van der Waals surface area contributed by atoms with Gasteiger partial charge in [-0.05, 0) is 13.0 Å². The number of aromatic nitrogens is 2. The molecule has 3 heterocycles. The van der Waals surface area contributed by atoms with E-state index in [4.69, 9.17) is 4.74 Å². The van der Waals surface area contributed by atoms with Gasteiger partial charge in [0.25, 0.3) is 0 Å². The van der Waals surface area contributed by atoms with Crippen molar-refractivity contribution < 1.29 is 14.3 Å². The third kappa shape index (κ3) is 2.96. The second-order valence-electron chi connectivity index (χ2n) is 6.42. The molecule has 3 rings (SSSR count). The Hall–Kier alpha value is -1.93. The van der Waals surface area contributed by atoms with Gasteiger partial charge in [0.2, 0.25) is 11.8 Å². The van der Waals surface area contributed by atoms with Gasteiger partial charge in [-0.3, -0.25) is 14.7 Å². The predicted molar refractivity (Wildman–Crippen MR) is 82.4 cm³/mol. The summed E-state index contributed by atoms with van der Waals surface area (Å²) >= 11 is 0. The number of H-pyrrole nitrogens is 1. The van der Waals surface area contributed by atoms with Crippen molar-refractivity contribution in [1.82, 2.24) is 25.7 Å². The van der Waals surface area contributed by atoms with E-state index in [1.165, 1.54) is 7.11 Å². The van der Waals surface area contributed by atoms with Crippen LogP contribution < -0.4 is 10.6 Å². The molecule has 2 amide bonds. The number of rotatable bonds is 5. The molecule has 3 N–H and O–H groups in total. The molecule has 0 spiro atoms. The van der Waals surface area contributed by atoms with Crippen molar-refractivity contribution in [2.24, 2.45) is 11.3 Å². The molecule has 0 aromatic carbocycles. The van der Waals surface area contributed by atoms with Crippen molar-refractivity contribution in [2.45, 2.75) is 13.5 Å². The van der Waals surface area contributed by atoms with Crippen LogP contribution in [-0.4, -0.2) is 66.8 Å². The maximum Gasteiger partial charge on any atom is 0.248 e. The summed E-state index contributed by atoms with van der Waals surface area (Å²) in [6.07, 6.45) is 0. The first-order valence-corrected chi connectivity index (χ1v) is 7.82. The Kier molecular flexibility index (Phi) is 4.36. The summed E-state index contributed by atoms with van der Waals surface area (Å²) in [6, 6.07) is 1.91. The number of ether oxygens (including phenoxy) is 1. The zero-order chi connectivity index (χ0) is 16.4. The maximum atomic E-state index is 12.8. The number of carbonyl (C=O) groups is 2. The normalized spacial score (nSPS) is 26.3. The second kappa shape index (κ2) is 6.29. The van der Waals surface area contributed by atoms with Crippen LogP contribution >= 0.6 is 0 Å². The lowest BCUT2D eigenvalue weighted by atomic mass is 9.80. The quantitative estimate of drug-likeness (QED) is 0.648. The fraction of sp³-hybridized carbons (Fsp3) is 0.667. The average Bonchev–Trinajstić information content (AvgIpc) is 3.18. The topological polar surface area (TPSA) is 99.4 Å². The Labute approximate surface area is 134 Å². The van der Waals surface area contributed by atoms with Crippen LogP contribution in [0.4, 0.5) is 0 Å². The lowest BCUT2D eigenvalue weighted by molar-refractivity contribution is -0.135. The van der Waals surface area contributed by atoms with Crippen LogP contribution in [-0.2, 0) is 20.9 Å². The number of hydrogen-bond acceptors (Lipinski definition) is 5. The van der Waals surface area contributed by atoms with Crippen LogP contribution in [0.25, 0.3) is 0 Å². The molecule has 23 heavy (non-hydrogen) atoms. The van der Waals surface area contributed by atoms with Gasteiger partial charge in [0.05, 0.1) is 17.7 Å². The summed E-state index contributed by atoms with van der Waals surface area (Å²) in [5.74, 6) is 0.0714. The van der Waals surface area contributed by atoms with Crippen molar-refractivity contribution in [1.29, 1.82) is 0 Å². The maximum absolute atomic E-state index is 12.8. The van der Waals surface area contributed by atoms with Crippen molar-refractivity contribution >= 4 is 11.8 Å². The number of aryl methyl sites for hydroxylation is 1. The molecule has 1 aromatic heterocycles. The van der Waals surface area contributed by atoms with E-state index in [-0.39, 0.29) is 24.3 Å². The standard InChI is InChI=1S/C15H23N5O3/c1-10-3-12(19-18-10)5-17-14(22)15-8-16-4-11(15)6-20(9-15)13(21)7-23-2/h3,11,16H,4-9H2,1-2H3,(H,17,22)(H,18,19)/t11-,15-/m1/s1. The molecule has 8 heteroatoms. The summed E-state index contributed by atoms with van der Waals surface area (Å²) in [5, 5.41) is 13.3. The molecule has 8 nitrogen and oxygen atoms in total. The molecule has 0 radical (unpaired) electrons. The molecule has 0 aliphatic carbocycles. The number of nitrogens with one attached hydrogen (secondary N) is 3. The Balaban J connectivity index is 1.66. The fourth-order valence-corrected chi connectivity index (χ4v) is 3.56. The highest BCUT2D eigenvalue weighted by molar-refractivity contribution is 5.86. The van der Waals surface area contributed by atoms with Gasteiger partial charge in [0.1, 0.15) is 6.61 Å². The Morgan fingerprint density at radius 1 is 1.57 bits per heavy atom. The van der Waals surface area contributed by atoms with E-state index in [0.29, 0.717) is 26.2 Å². The highest BCUT2D eigenvalue weighted by Crippen LogP contribution is 2.39. The molecule has 126 valence electrons. The minimum Gasteiger partial charge on any atom is -0.375 e. The van der Waals surface area contributed by atoms with Gasteiger partial charge in [0, 0.05) is 44.9 Å². The third-order valence-electron chi connectivity index (χ3n) is 4.79. The first kappa shape index (κ1) is 15.9. The summed E-state index contributed by atoms with van der Waals surface area (Å²) in [4.78, 5) is 26.6. The van der Waals surface area contributed by atoms with Crippen LogP contribution in [0.1, 0.15) is 11.4 Å². The number of amides is 2. The Bertz CT molecular complexity index is 602. The van der Waals surface area contributed by atoms with E-state index in [1.54, 1.807) is 4.90 Å². The van der Waals surface area contributed by atoms with E-state index in [0.717, 1.165) is 17.9 Å². The highest BCUT2D eigenvalue weighted by Gasteiger charge is 2.55. The van der Waals surface area contributed by atoms with E-state index < -0.39 is 5.41 Å². The monoisotopic (exact) mass is 321 g/mol. The molecule has 2 aliphatic rings. The van der Waals surface area contributed by atoms with E-state index in [1.807, 2.05) is 13.0 Å². The molecular weight excluding hydrogens is 298 g/mol. The van der Waals surface area contributed by atoms with E-state index in [9.17, 15) is 9.59 Å².